The van der Waals surface area contributed by atoms with Crippen LogP contribution in [0.25, 0.3) is 11.0 Å². The molecule has 0 aliphatic carbocycles. The number of fused-ring (bicyclic) bond motifs is 1. The molecule has 1 aromatic heterocycles. The maximum atomic E-state index is 12.6. The summed E-state index contributed by atoms with van der Waals surface area (Å²) < 4.78 is 5.60. The molecule has 1 aliphatic heterocycles. The van der Waals surface area contributed by atoms with Crippen molar-refractivity contribution in [3.63, 3.8) is 0 Å². The lowest BCUT2D eigenvalue weighted by Crippen LogP contribution is -2.39. The van der Waals surface area contributed by atoms with Crippen LogP contribution in [0.3, 0.4) is 0 Å². The number of carbonyl (C=O) groups is 2. The molecule has 1 N–H and O–H groups in total. The van der Waals surface area contributed by atoms with Crippen LogP contribution in [0.4, 0.5) is 0 Å². The molecule has 2 heterocycles. The summed E-state index contributed by atoms with van der Waals surface area (Å²) >= 11 is 0. The fourth-order valence-electron chi connectivity index (χ4n) is 3.38. The maximum absolute atomic E-state index is 12.6. The number of rotatable bonds is 4. The highest BCUT2D eigenvalue weighted by Gasteiger charge is 2.25. The standard InChI is InChI=1S/C19H23NO4/c1-12-7-16-15(11-24-17(16)8-13(12)2)10-18(21)20-5-3-14(4-6-20)9-19(22)23/h7-8,11,14H,3-6,9-10H2,1-2H3,(H,22,23). The summed E-state index contributed by atoms with van der Waals surface area (Å²) in [7, 11) is 0. The summed E-state index contributed by atoms with van der Waals surface area (Å²) in [4.78, 5) is 25.2. The van der Waals surface area contributed by atoms with E-state index >= 15 is 0 Å². The van der Waals surface area contributed by atoms with Crippen LogP contribution in [-0.4, -0.2) is 35.0 Å². The molecule has 0 spiro atoms. The first-order valence-corrected chi connectivity index (χ1v) is 8.41. The number of carbonyl (C=O) groups excluding carboxylic acids is 1. The van der Waals surface area contributed by atoms with Crippen LogP contribution in [0.15, 0.2) is 22.8 Å². The lowest BCUT2D eigenvalue weighted by atomic mass is 9.93. The average molecular weight is 329 g/mol. The molecule has 24 heavy (non-hydrogen) atoms. The van der Waals surface area contributed by atoms with Crippen molar-refractivity contribution in [2.75, 3.05) is 13.1 Å². The van der Waals surface area contributed by atoms with Gasteiger partial charge < -0.3 is 14.4 Å². The van der Waals surface area contributed by atoms with E-state index in [0.717, 1.165) is 29.4 Å². The lowest BCUT2D eigenvalue weighted by Gasteiger charge is -2.31. The van der Waals surface area contributed by atoms with Crippen molar-refractivity contribution in [2.45, 2.75) is 39.5 Å². The molecule has 1 amide bonds. The number of likely N-dealkylation sites (tertiary alicyclic amines) is 1. The van der Waals surface area contributed by atoms with Crippen LogP contribution >= 0.6 is 0 Å². The van der Waals surface area contributed by atoms with Gasteiger partial charge in [0.1, 0.15) is 5.58 Å². The number of hydrogen-bond acceptors (Lipinski definition) is 3. The molecule has 5 nitrogen and oxygen atoms in total. The van der Waals surface area contributed by atoms with Gasteiger partial charge in [-0.15, -0.1) is 0 Å². The van der Waals surface area contributed by atoms with E-state index in [9.17, 15) is 9.59 Å². The number of hydrogen-bond donors (Lipinski definition) is 1. The third kappa shape index (κ3) is 3.45. The molecule has 1 fully saturated rings. The van der Waals surface area contributed by atoms with E-state index in [1.165, 1.54) is 11.1 Å². The van der Waals surface area contributed by atoms with Crippen molar-refractivity contribution >= 4 is 22.8 Å². The van der Waals surface area contributed by atoms with Gasteiger partial charge in [0, 0.05) is 30.5 Å². The Kier molecular flexibility index (Phi) is 4.60. The minimum atomic E-state index is -0.754. The second-order valence-corrected chi connectivity index (χ2v) is 6.79. The number of piperidine rings is 1. The molecule has 2 aromatic rings. The van der Waals surface area contributed by atoms with Crippen LogP contribution in [0.5, 0.6) is 0 Å². The van der Waals surface area contributed by atoms with Crippen LogP contribution in [0, 0.1) is 19.8 Å². The van der Waals surface area contributed by atoms with Gasteiger partial charge in [0.15, 0.2) is 0 Å². The summed E-state index contributed by atoms with van der Waals surface area (Å²) in [6.07, 6.45) is 3.75. The molecule has 1 saturated heterocycles. The normalized spacial score (nSPS) is 15.8. The zero-order chi connectivity index (χ0) is 17.3. The van der Waals surface area contributed by atoms with Crippen molar-refractivity contribution in [3.05, 3.63) is 35.1 Å². The van der Waals surface area contributed by atoms with Gasteiger partial charge in [0.25, 0.3) is 0 Å². The van der Waals surface area contributed by atoms with E-state index in [0.29, 0.717) is 19.5 Å². The van der Waals surface area contributed by atoms with Crippen LogP contribution in [0.1, 0.15) is 36.0 Å². The molecule has 3 rings (SSSR count). The van der Waals surface area contributed by atoms with Crippen LogP contribution < -0.4 is 0 Å². The number of aliphatic carboxylic acids is 1. The Morgan fingerprint density at radius 3 is 2.54 bits per heavy atom. The van der Waals surface area contributed by atoms with Gasteiger partial charge in [-0.2, -0.15) is 0 Å². The first-order chi connectivity index (χ1) is 11.4. The van der Waals surface area contributed by atoms with E-state index in [1.54, 1.807) is 6.26 Å². The smallest absolute Gasteiger partial charge is 0.303 e. The van der Waals surface area contributed by atoms with E-state index in [2.05, 4.69) is 13.0 Å². The van der Waals surface area contributed by atoms with Gasteiger partial charge in [-0.1, -0.05) is 0 Å². The average Bonchev–Trinajstić information content (AvgIpc) is 2.90. The highest BCUT2D eigenvalue weighted by molar-refractivity contribution is 5.88. The number of carboxylic acid groups (broad SMARTS) is 1. The Hall–Kier alpha value is -2.30. The summed E-state index contributed by atoms with van der Waals surface area (Å²) in [6.45, 7) is 5.39. The molecule has 0 atom stereocenters. The van der Waals surface area contributed by atoms with Crippen molar-refractivity contribution < 1.29 is 19.1 Å². The first-order valence-electron chi connectivity index (χ1n) is 8.41. The van der Waals surface area contributed by atoms with Gasteiger partial charge in [-0.25, -0.2) is 0 Å². The highest BCUT2D eigenvalue weighted by Crippen LogP contribution is 2.26. The predicted molar refractivity (Wildman–Crippen MR) is 90.9 cm³/mol. The van der Waals surface area contributed by atoms with Crippen molar-refractivity contribution in [3.8, 4) is 0 Å². The molecule has 1 aromatic carbocycles. The Balaban J connectivity index is 1.66. The van der Waals surface area contributed by atoms with Crippen molar-refractivity contribution in [1.82, 2.24) is 4.90 Å². The van der Waals surface area contributed by atoms with Gasteiger partial charge in [0.05, 0.1) is 12.7 Å². The quantitative estimate of drug-likeness (QED) is 0.934. The predicted octanol–water partition coefficient (Wildman–Crippen LogP) is 3.31. The number of nitrogens with zero attached hydrogens (tertiary/aromatic N) is 1. The summed E-state index contributed by atoms with van der Waals surface area (Å²) in [6, 6.07) is 4.09. The molecule has 128 valence electrons. The first kappa shape index (κ1) is 16.6. The number of carboxylic acids is 1. The van der Waals surface area contributed by atoms with Crippen LogP contribution in [-0.2, 0) is 16.0 Å². The van der Waals surface area contributed by atoms with Gasteiger partial charge >= 0.3 is 5.97 Å². The fourth-order valence-corrected chi connectivity index (χ4v) is 3.38. The fraction of sp³-hybridized carbons (Fsp3) is 0.474. The Morgan fingerprint density at radius 2 is 1.88 bits per heavy atom. The zero-order valence-corrected chi connectivity index (χ0v) is 14.2. The Bertz CT molecular complexity index is 769. The number of furan rings is 1. The monoisotopic (exact) mass is 329 g/mol. The minimum Gasteiger partial charge on any atom is -0.481 e. The molecule has 0 saturated carbocycles. The third-order valence-electron chi connectivity index (χ3n) is 5.04. The molecule has 0 radical (unpaired) electrons. The summed E-state index contributed by atoms with van der Waals surface area (Å²) in [5.41, 5.74) is 4.11. The van der Waals surface area contributed by atoms with Gasteiger partial charge in [-0.3, -0.25) is 9.59 Å². The summed E-state index contributed by atoms with van der Waals surface area (Å²) in [5.74, 6) is -0.480. The summed E-state index contributed by atoms with van der Waals surface area (Å²) in [5, 5.41) is 9.87. The maximum Gasteiger partial charge on any atom is 0.303 e. The highest BCUT2D eigenvalue weighted by atomic mass is 16.4. The van der Waals surface area contributed by atoms with E-state index in [1.807, 2.05) is 17.9 Å². The second-order valence-electron chi connectivity index (χ2n) is 6.79. The SMILES string of the molecule is Cc1cc2occ(CC(=O)N3CCC(CC(=O)O)CC3)c2cc1C. The van der Waals surface area contributed by atoms with Crippen molar-refractivity contribution in [1.29, 1.82) is 0 Å². The van der Waals surface area contributed by atoms with Crippen LogP contribution in [0.2, 0.25) is 0 Å². The largest absolute Gasteiger partial charge is 0.481 e. The molecular weight excluding hydrogens is 306 g/mol. The van der Waals surface area contributed by atoms with E-state index in [4.69, 9.17) is 9.52 Å². The third-order valence-corrected chi connectivity index (χ3v) is 5.04. The molecule has 5 heteroatoms. The minimum absolute atomic E-state index is 0.0877. The van der Waals surface area contributed by atoms with E-state index in [-0.39, 0.29) is 18.2 Å². The lowest BCUT2D eigenvalue weighted by molar-refractivity contribution is -0.138. The Morgan fingerprint density at radius 1 is 1.21 bits per heavy atom. The van der Waals surface area contributed by atoms with Gasteiger partial charge in [0.2, 0.25) is 5.91 Å². The zero-order valence-electron chi connectivity index (χ0n) is 14.2. The molecule has 0 unspecified atom stereocenters. The molecule has 1 aliphatic rings. The topological polar surface area (TPSA) is 70.8 Å². The Labute approximate surface area is 141 Å². The number of aryl methyl sites for hydroxylation is 2. The van der Waals surface area contributed by atoms with Crippen molar-refractivity contribution in [2.24, 2.45) is 5.92 Å². The van der Waals surface area contributed by atoms with Gasteiger partial charge in [-0.05, 0) is 55.9 Å². The molecular formula is C19H23NO4. The molecule has 0 bridgehead atoms. The number of amides is 1. The second kappa shape index (κ2) is 6.67. The number of benzene rings is 1. The van der Waals surface area contributed by atoms with E-state index < -0.39 is 5.97 Å².